The van der Waals surface area contributed by atoms with Crippen molar-refractivity contribution < 1.29 is 18.7 Å². The Kier molecular flexibility index (Phi) is 6.81. The quantitative estimate of drug-likeness (QED) is 0.720. The van der Waals surface area contributed by atoms with E-state index >= 15 is 0 Å². The summed E-state index contributed by atoms with van der Waals surface area (Å²) in [7, 11) is 3.68. The Balaban J connectivity index is 2.07. The van der Waals surface area contributed by atoms with Crippen molar-refractivity contribution in [3.05, 3.63) is 63.1 Å². The van der Waals surface area contributed by atoms with Crippen molar-refractivity contribution in [3.63, 3.8) is 0 Å². The van der Waals surface area contributed by atoms with E-state index in [1.807, 2.05) is 19.0 Å². The second kappa shape index (κ2) is 8.66. The standard InChI is InChI=1S/C18H18Cl2F2N2O2/c1-24(2)12(5-10-3-4-13(25)8-14(10)19)9-23-18(26)11-6-15(21)17(20)16(22)7-11/h3-4,6-8,12,25H,5,9H2,1-2H3,(H,23,26)/t12-/m0/s1. The van der Waals surface area contributed by atoms with E-state index < -0.39 is 22.6 Å². The first-order chi connectivity index (χ1) is 12.2. The lowest BCUT2D eigenvalue weighted by molar-refractivity contribution is 0.0940. The predicted molar refractivity (Wildman–Crippen MR) is 98.0 cm³/mol. The minimum Gasteiger partial charge on any atom is -0.508 e. The summed E-state index contributed by atoms with van der Waals surface area (Å²) in [4.78, 5) is 14.1. The lowest BCUT2D eigenvalue weighted by atomic mass is 10.0. The third-order valence-corrected chi connectivity index (χ3v) is 4.68. The number of phenols is 1. The van der Waals surface area contributed by atoms with Crippen molar-refractivity contribution in [1.82, 2.24) is 10.2 Å². The summed E-state index contributed by atoms with van der Waals surface area (Å²) < 4.78 is 27.0. The summed E-state index contributed by atoms with van der Waals surface area (Å²) in [6.07, 6.45) is 0.510. The summed E-state index contributed by atoms with van der Waals surface area (Å²) in [5.41, 5.74) is 0.658. The van der Waals surface area contributed by atoms with Crippen LogP contribution in [0.15, 0.2) is 30.3 Å². The van der Waals surface area contributed by atoms with Gasteiger partial charge in [0, 0.05) is 23.2 Å². The number of benzene rings is 2. The number of rotatable bonds is 6. The maximum absolute atomic E-state index is 13.5. The molecule has 2 rings (SSSR count). The zero-order valence-corrected chi connectivity index (χ0v) is 15.7. The van der Waals surface area contributed by atoms with Gasteiger partial charge in [0.05, 0.1) is 0 Å². The molecule has 0 radical (unpaired) electrons. The Morgan fingerprint density at radius 3 is 2.35 bits per heavy atom. The molecule has 2 aromatic rings. The van der Waals surface area contributed by atoms with E-state index in [1.54, 1.807) is 6.07 Å². The largest absolute Gasteiger partial charge is 0.508 e. The van der Waals surface area contributed by atoms with E-state index in [4.69, 9.17) is 23.2 Å². The molecular weight excluding hydrogens is 385 g/mol. The second-order valence-corrected chi connectivity index (χ2v) is 6.85. The van der Waals surface area contributed by atoms with Crippen LogP contribution in [0.2, 0.25) is 10.0 Å². The maximum atomic E-state index is 13.5. The fraction of sp³-hybridized carbons (Fsp3) is 0.278. The average molecular weight is 403 g/mol. The number of likely N-dealkylation sites (N-methyl/N-ethyl adjacent to an activating group) is 1. The first-order valence-electron chi connectivity index (χ1n) is 7.75. The summed E-state index contributed by atoms with van der Waals surface area (Å²) in [6, 6.07) is 6.35. The van der Waals surface area contributed by atoms with Crippen LogP contribution in [-0.2, 0) is 6.42 Å². The van der Waals surface area contributed by atoms with Gasteiger partial charge in [-0.3, -0.25) is 4.79 Å². The van der Waals surface area contributed by atoms with Gasteiger partial charge in [-0.2, -0.15) is 0 Å². The lowest BCUT2D eigenvalue weighted by Crippen LogP contribution is -2.41. The molecule has 0 saturated carbocycles. The Labute approximate surface area is 160 Å². The van der Waals surface area contributed by atoms with Gasteiger partial charge in [-0.15, -0.1) is 0 Å². The highest BCUT2D eigenvalue weighted by Gasteiger charge is 2.18. The van der Waals surface area contributed by atoms with Gasteiger partial charge in [0.2, 0.25) is 0 Å². The molecule has 4 nitrogen and oxygen atoms in total. The monoisotopic (exact) mass is 402 g/mol. The van der Waals surface area contributed by atoms with Crippen molar-refractivity contribution >= 4 is 29.1 Å². The number of phenolic OH excluding ortho intramolecular Hbond substituents is 1. The summed E-state index contributed by atoms with van der Waals surface area (Å²) >= 11 is 11.5. The van der Waals surface area contributed by atoms with Crippen molar-refractivity contribution in [2.45, 2.75) is 12.5 Å². The minimum absolute atomic E-state index is 0.0697. The Hall–Kier alpha value is -1.89. The third-order valence-electron chi connectivity index (χ3n) is 3.97. The first-order valence-corrected chi connectivity index (χ1v) is 8.51. The Bertz CT molecular complexity index is 793. The van der Waals surface area contributed by atoms with Crippen LogP contribution in [0.25, 0.3) is 0 Å². The second-order valence-electron chi connectivity index (χ2n) is 6.06. The van der Waals surface area contributed by atoms with Crippen LogP contribution < -0.4 is 5.32 Å². The molecule has 2 N–H and O–H groups in total. The van der Waals surface area contributed by atoms with Crippen LogP contribution in [0.1, 0.15) is 15.9 Å². The van der Waals surface area contributed by atoms with Gasteiger partial charge in [0.25, 0.3) is 5.91 Å². The Morgan fingerprint density at radius 2 is 1.81 bits per heavy atom. The van der Waals surface area contributed by atoms with Crippen LogP contribution in [0.3, 0.4) is 0 Å². The van der Waals surface area contributed by atoms with E-state index in [2.05, 4.69) is 5.32 Å². The van der Waals surface area contributed by atoms with E-state index in [9.17, 15) is 18.7 Å². The molecule has 0 aliphatic carbocycles. The van der Waals surface area contributed by atoms with Crippen molar-refractivity contribution in [2.75, 3.05) is 20.6 Å². The van der Waals surface area contributed by atoms with Gasteiger partial charge >= 0.3 is 0 Å². The molecule has 0 spiro atoms. The van der Waals surface area contributed by atoms with E-state index in [1.165, 1.54) is 12.1 Å². The molecule has 0 fully saturated rings. The van der Waals surface area contributed by atoms with Gasteiger partial charge in [0.15, 0.2) is 0 Å². The smallest absolute Gasteiger partial charge is 0.251 e. The number of carbonyl (C=O) groups is 1. The third kappa shape index (κ3) is 5.06. The summed E-state index contributed by atoms with van der Waals surface area (Å²) in [5, 5.41) is 11.9. The van der Waals surface area contributed by atoms with Gasteiger partial charge in [0.1, 0.15) is 22.4 Å². The van der Waals surface area contributed by atoms with E-state index in [0.29, 0.717) is 11.4 Å². The Morgan fingerprint density at radius 1 is 1.19 bits per heavy atom. The van der Waals surface area contributed by atoms with Crippen molar-refractivity contribution in [1.29, 1.82) is 0 Å². The molecule has 0 bridgehead atoms. The molecule has 0 aromatic heterocycles. The minimum atomic E-state index is -0.989. The van der Waals surface area contributed by atoms with Crippen LogP contribution in [-0.4, -0.2) is 42.6 Å². The fourth-order valence-corrected chi connectivity index (χ4v) is 2.75. The molecule has 26 heavy (non-hydrogen) atoms. The van der Waals surface area contributed by atoms with Gasteiger partial charge in [-0.25, -0.2) is 8.78 Å². The average Bonchev–Trinajstić information content (AvgIpc) is 2.57. The number of nitrogens with one attached hydrogen (secondary N) is 1. The highest BCUT2D eigenvalue weighted by atomic mass is 35.5. The molecule has 0 aliphatic rings. The zero-order valence-electron chi connectivity index (χ0n) is 14.2. The topological polar surface area (TPSA) is 52.6 Å². The number of carbonyl (C=O) groups excluding carboxylic acids is 1. The molecule has 0 heterocycles. The van der Waals surface area contributed by atoms with Crippen LogP contribution in [0, 0.1) is 11.6 Å². The van der Waals surface area contributed by atoms with Crippen molar-refractivity contribution in [2.24, 2.45) is 0 Å². The van der Waals surface area contributed by atoms with Crippen molar-refractivity contribution in [3.8, 4) is 5.75 Å². The van der Waals surface area contributed by atoms with Gasteiger partial charge in [-0.05, 0) is 50.3 Å². The number of nitrogens with zero attached hydrogens (tertiary/aromatic N) is 1. The molecule has 0 saturated heterocycles. The molecular formula is C18H18Cl2F2N2O2. The van der Waals surface area contributed by atoms with Crippen LogP contribution in [0.4, 0.5) is 8.78 Å². The molecule has 1 atom stereocenters. The highest BCUT2D eigenvalue weighted by molar-refractivity contribution is 6.31. The number of aromatic hydroxyl groups is 1. The van der Waals surface area contributed by atoms with Crippen LogP contribution in [0.5, 0.6) is 5.75 Å². The number of amides is 1. The van der Waals surface area contributed by atoms with E-state index in [0.717, 1.165) is 17.7 Å². The fourth-order valence-electron chi connectivity index (χ4n) is 2.39. The molecule has 0 aliphatic heterocycles. The number of hydrogen-bond donors (Lipinski definition) is 2. The number of halogens is 4. The first kappa shape index (κ1) is 20.4. The molecule has 0 unspecified atom stereocenters. The highest BCUT2D eigenvalue weighted by Crippen LogP contribution is 2.23. The zero-order chi connectivity index (χ0) is 19.4. The summed E-state index contributed by atoms with van der Waals surface area (Å²) in [6.45, 7) is 0.231. The van der Waals surface area contributed by atoms with E-state index in [-0.39, 0.29) is 23.9 Å². The van der Waals surface area contributed by atoms with Gasteiger partial charge in [-0.1, -0.05) is 29.3 Å². The van der Waals surface area contributed by atoms with Crippen LogP contribution >= 0.6 is 23.2 Å². The normalized spacial score (nSPS) is 12.3. The molecule has 2 aromatic carbocycles. The SMILES string of the molecule is CN(C)[C@H](CNC(=O)c1cc(F)c(Cl)c(F)c1)Cc1ccc(O)cc1Cl. The molecule has 140 valence electrons. The summed E-state index contributed by atoms with van der Waals surface area (Å²) in [5.74, 6) is -2.52. The van der Waals surface area contributed by atoms with Gasteiger partial charge < -0.3 is 15.3 Å². The lowest BCUT2D eigenvalue weighted by Gasteiger charge is -2.25. The number of hydrogen-bond acceptors (Lipinski definition) is 3. The molecule has 8 heteroatoms. The predicted octanol–water partition coefficient (Wildman–Crippen LogP) is 3.88. The molecule has 1 amide bonds. The maximum Gasteiger partial charge on any atom is 0.251 e.